The molecule has 1 fully saturated rings. The first-order valence-electron chi connectivity index (χ1n) is 5.98. The number of benzene rings is 1. The molecule has 2 nitrogen and oxygen atoms in total. The van der Waals surface area contributed by atoms with Crippen molar-refractivity contribution in [3.8, 4) is 0 Å². The summed E-state index contributed by atoms with van der Waals surface area (Å²) in [7, 11) is 0. The van der Waals surface area contributed by atoms with Gasteiger partial charge in [0.2, 0.25) is 0 Å². The van der Waals surface area contributed by atoms with Crippen LogP contribution in [-0.2, 0) is 4.74 Å². The third-order valence-corrected chi connectivity index (χ3v) is 3.10. The van der Waals surface area contributed by atoms with Crippen LogP contribution in [0.25, 0.3) is 0 Å². The van der Waals surface area contributed by atoms with Crippen molar-refractivity contribution < 1.29 is 13.5 Å². The Morgan fingerprint density at radius 3 is 2.59 bits per heavy atom. The molecule has 0 aromatic heterocycles. The number of halogens is 2. The molecule has 17 heavy (non-hydrogen) atoms. The van der Waals surface area contributed by atoms with E-state index in [1.54, 1.807) is 6.07 Å². The van der Waals surface area contributed by atoms with Gasteiger partial charge in [-0.1, -0.05) is 6.07 Å². The maximum absolute atomic E-state index is 13.1. The quantitative estimate of drug-likeness (QED) is 0.878. The van der Waals surface area contributed by atoms with E-state index in [0.29, 0.717) is 5.56 Å². The first-order chi connectivity index (χ1) is 8.16. The Balaban J connectivity index is 1.98. The lowest BCUT2D eigenvalue weighted by Crippen LogP contribution is -2.33. The first-order valence-corrected chi connectivity index (χ1v) is 5.98. The molecule has 4 heteroatoms. The van der Waals surface area contributed by atoms with Crippen molar-refractivity contribution in [2.75, 3.05) is 13.1 Å². The fraction of sp³-hybridized carbons (Fsp3) is 0.538. The van der Waals surface area contributed by atoms with Gasteiger partial charge in [0.25, 0.3) is 0 Å². The number of piperidine rings is 1. The maximum Gasteiger partial charge on any atom is 0.159 e. The Bertz CT molecular complexity index is 378. The molecule has 1 N–H and O–H groups in total. The van der Waals surface area contributed by atoms with Gasteiger partial charge in [0, 0.05) is 0 Å². The van der Waals surface area contributed by atoms with Gasteiger partial charge in [-0.3, -0.25) is 0 Å². The van der Waals surface area contributed by atoms with Gasteiger partial charge in [-0.25, -0.2) is 8.78 Å². The summed E-state index contributed by atoms with van der Waals surface area (Å²) in [6.07, 6.45) is 1.94. The molecule has 0 amide bonds. The molecule has 0 saturated carbocycles. The van der Waals surface area contributed by atoms with Crippen LogP contribution in [0, 0.1) is 11.6 Å². The average molecular weight is 241 g/mol. The van der Waals surface area contributed by atoms with Crippen molar-refractivity contribution in [2.45, 2.75) is 32.0 Å². The van der Waals surface area contributed by atoms with Crippen molar-refractivity contribution in [3.63, 3.8) is 0 Å². The van der Waals surface area contributed by atoms with Gasteiger partial charge in [-0.15, -0.1) is 0 Å². The van der Waals surface area contributed by atoms with Gasteiger partial charge >= 0.3 is 0 Å². The second kappa shape index (κ2) is 5.56. The molecule has 94 valence electrons. The summed E-state index contributed by atoms with van der Waals surface area (Å²) in [5.74, 6) is -1.63. The van der Waals surface area contributed by atoms with Crippen molar-refractivity contribution in [1.82, 2.24) is 5.32 Å². The zero-order chi connectivity index (χ0) is 12.3. The molecule has 2 rings (SSSR count). The number of rotatable bonds is 3. The molecule has 1 aromatic rings. The third-order valence-electron chi connectivity index (χ3n) is 3.10. The third kappa shape index (κ3) is 3.23. The topological polar surface area (TPSA) is 21.3 Å². The Morgan fingerprint density at radius 2 is 1.94 bits per heavy atom. The van der Waals surface area contributed by atoms with Crippen molar-refractivity contribution in [2.24, 2.45) is 0 Å². The lowest BCUT2D eigenvalue weighted by Gasteiger charge is -2.26. The smallest absolute Gasteiger partial charge is 0.159 e. The highest BCUT2D eigenvalue weighted by Gasteiger charge is 2.18. The standard InChI is InChI=1S/C13H17F2NO/c1-9(17-11-4-6-16-7-5-11)10-2-3-12(14)13(15)8-10/h2-3,8-9,11,16H,4-7H2,1H3. The van der Waals surface area contributed by atoms with Crippen LogP contribution in [0.5, 0.6) is 0 Å². The zero-order valence-electron chi connectivity index (χ0n) is 9.88. The second-order valence-electron chi connectivity index (χ2n) is 4.40. The van der Waals surface area contributed by atoms with Gasteiger partial charge in [-0.05, 0) is 50.6 Å². The van der Waals surface area contributed by atoms with Crippen LogP contribution in [0.1, 0.15) is 31.4 Å². The SMILES string of the molecule is CC(OC1CCNCC1)c1ccc(F)c(F)c1. The average Bonchev–Trinajstić information content (AvgIpc) is 2.34. The predicted octanol–water partition coefficient (Wildman–Crippen LogP) is 2.79. The molecule has 1 atom stereocenters. The van der Waals surface area contributed by atoms with Gasteiger partial charge in [0.1, 0.15) is 0 Å². The zero-order valence-corrected chi connectivity index (χ0v) is 9.88. The fourth-order valence-corrected chi connectivity index (χ4v) is 2.06. The highest BCUT2D eigenvalue weighted by Crippen LogP contribution is 2.23. The normalized spacial score (nSPS) is 19.2. The Hall–Kier alpha value is -1.00. The fourth-order valence-electron chi connectivity index (χ4n) is 2.06. The highest BCUT2D eigenvalue weighted by molar-refractivity contribution is 5.19. The van der Waals surface area contributed by atoms with E-state index >= 15 is 0 Å². The maximum atomic E-state index is 13.1. The summed E-state index contributed by atoms with van der Waals surface area (Å²) in [6, 6.07) is 3.93. The minimum absolute atomic E-state index is 0.201. The van der Waals surface area contributed by atoms with Crippen LogP contribution in [0.15, 0.2) is 18.2 Å². The van der Waals surface area contributed by atoms with E-state index in [9.17, 15) is 8.78 Å². The van der Waals surface area contributed by atoms with Crippen LogP contribution in [0.2, 0.25) is 0 Å². The molecule has 1 saturated heterocycles. The molecule has 1 unspecified atom stereocenters. The van der Waals surface area contributed by atoms with E-state index in [0.717, 1.165) is 32.0 Å². The number of hydrogen-bond donors (Lipinski definition) is 1. The van der Waals surface area contributed by atoms with E-state index in [2.05, 4.69) is 5.32 Å². The largest absolute Gasteiger partial charge is 0.370 e. The molecule has 0 radical (unpaired) electrons. The van der Waals surface area contributed by atoms with Crippen molar-refractivity contribution in [3.05, 3.63) is 35.4 Å². The molecule has 0 aliphatic carbocycles. The van der Waals surface area contributed by atoms with E-state index in [1.807, 2.05) is 6.92 Å². The van der Waals surface area contributed by atoms with Crippen molar-refractivity contribution >= 4 is 0 Å². The Morgan fingerprint density at radius 1 is 1.24 bits per heavy atom. The monoisotopic (exact) mass is 241 g/mol. The molecule has 1 aromatic carbocycles. The molecule has 1 aliphatic rings. The van der Waals surface area contributed by atoms with E-state index < -0.39 is 11.6 Å². The van der Waals surface area contributed by atoms with Gasteiger partial charge < -0.3 is 10.1 Å². The Kier molecular flexibility index (Phi) is 4.07. The van der Waals surface area contributed by atoms with Crippen LogP contribution in [0.4, 0.5) is 8.78 Å². The second-order valence-corrected chi connectivity index (χ2v) is 4.40. The lowest BCUT2D eigenvalue weighted by molar-refractivity contribution is -0.0188. The number of nitrogens with one attached hydrogen (secondary N) is 1. The highest BCUT2D eigenvalue weighted by atomic mass is 19.2. The van der Waals surface area contributed by atoms with Gasteiger partial charge in [0.15, 0.2) is 11.6 Å². The van der Waals surface area contributed by atoms with E-state index in [4.69, 9.17) is 4.74 Å². The van der Waals surface area contributed by atoms with Crippen LogP contribution in [-0.4, -0.2) is 19.2 Å². The summed E-state index contributed by atoms with van der Waals surface area (Å²) in [5, 5.41) is 3.25. The number of ether oxygens (including phenoxy) is 1. The lowest BCUT2D eigenvalue weighted by atomic mass is 10.1. The van der Waals surface area contributed by atoms with E-state index in [-0.39, 0.29) is 12.2 Å². The van der Waals surface area contributed by atoms with Crippen LogP contribution >= 0.6 is 0 Å². The first kappa shape index (κ1) is 12.5. The summed E-state index contributed by atoms with van der Waals surface area (Å²) >= 11 is 0. The van der Waals surface area contributed by atoms with Gasteiger partial charge in [-0.2, -0.15) is 0 Å². The molecule has 0 spiro atoms. The Labute approximate surface area is 100.0 Å². The summed E-state index contributed by atoms with van der Waals surface area (Å²) < 4.78 is 31.7. The van der Waals surface area contributed by atoms with Crippen molar-refractivity contribution in [1.29, 1.82) is 0 Å². The summed E-state index contributed by atoms with van der Waals surface area (Å²) in [5.41, 5.74) is 0.683. The number of hydrogen-bond acceptors (Lipinski definition) is 2. The minimum atomic E-state index is -0.817. The summed E-state index contributed by atoms with van der Waals surface area (Å²) in [4.78, 5) is 0. The minimum Gasteiger partial charge on any atom is -0.370 e. The summed E-state index contributed by atoms with van der Waals surface area (Å²) in [6.45, 7) is 3.78. The molecule has 1 heterocycles. The molecule has 1 aliphatic heterocycles. The van der Waals surface area contributed by atoms with Crippen LogP contribution < -0.4 is 5.32 Å². The molecule has 0 bridgehead atoms. The van der Waals surface area contributed by atoms with Crippen LogP contribution in [0.3, 0.4) is 0 Å². The molecular weight excluding hydrogens is 224 g/mol. The molecular formula is C13H17F2NO. The van der Waals surface area contributed by atoms with Gasteiger partial charge in [0.05, 0.1) is 12.2 Å². The predicted molar refractivity (Wildman–Crippen MR) is 61.7 cm³/mol. The van der Waals surface area contributed by atoms with E-state index in [1.165, 1.54) is 6.07 Å².